The number of hydrogen-bond donors (Lipinski definition) is 1. The normalized spacial score (nSPS) is 19.3. The summed E-state index contributed by atoms with van der Waals surface area (Å²) < 4.78 is 19.3. The molecule has 0 spiro atoms. The molecule has 4 heterocycles. The molecule has 6 rings (SSSR count). The number of carbonyl (C=O) groups is 1. The second-order valence-electron chi connectivity index (χ2n) is 9.64. The van der Waals surface area contributed by atoms with Gasteiger partial charge < -0.3 is 19.9 Å². The third kappa shape index (κ3) is 5.23. The molecule has 0 aliphatic carbocycles. The standard InChI is InChI=1S/C28H29N5O3S2/c1-19-15-23-25(37-19)26(29-22-11-12-33(17-22)28(34)36-18-20-7-3-2-4-8-20)31-27(30-23)32-13-14-38(35)24-10-6-5-9-21(24)16-32/h2-10,15,22H,11-14,16-18H2,1H3,(H,29,30,31). The molecule has 0 saturated carbocycles. The van der Waals surface area contributed by atoms with Crippen LogP contribution in [-0.2, 0) is 28.7 Å². The highest BCUT2D eigenvalue weighted by molar-refractivity contribution is 7.85. The second-order valence-corrected chi connectivity index (χ2v) is 12.4. The van der Waals surface area contributed by atoms with Crippen LogP contribution in [0.3, 0.4) is 0 Å². The Kier molecular flexibility index (Phi) is 6.99. The maximum atomic E-state index is 12.8. The van der Waals surface area contributed by atoms with Crippen molar-refractivity contribution >= 4 is 50.2 Å². The Bertz CT molecular complexity index is 1490. The summed E-state index contributed by atoms with van der Waals surface area (Å²) in [6.45, 7) is 4.74. The summed E-state index contributed by atoms with van der Waals surface area (Å²) in [5.41, 5.74) is 2.91. The van der Waals surface area contributed by atoms with Gasteiger partial charge in [-0.05, 0) is 36.6 Å². The van der Waals surface area contributed by atoms with Crippen LogP contribution in [0.1, 0.15) is 22.4 Å². The van der Waals surface area contributed by atoms with E-state index < -0.39 is 10.8 Å². The quantitative estimate of drug-likeness (QED) is 0.378. The van der Waals surface area contributed by atoms with Gasteiger partial charge >= 0.3 is 6.09 Å². The van der Waals surface area contributed by atoms with Crippen molar-refractivity contribution in [2.75, 3.05) is 35.6 Å². The van der Waals surface area contributed by atoms with Crippen molar-refractivity contribution in [3.8, 4) is 0 Å². The molecule has 2 unspecified atom stereocenters. The zero-order chi connectivity index (χ0) is 26.1. The number of fused-ring (bicyclic) bond motifs is 2. The third-order valence-corrected chi connectivity index (χ3v) is 9.37. The lowest BCUT2D eigenvalue weighted by Gasteiger charge is -2.22. The molecule has 0 bridgehead atoms. The predicted molar refractivity (Wildman–Crippen MR) is 151 cm³/mol. The summed E-state index contributed by atoms with van der Waals surface area (Å²) in [7, 11) is -1.04. The van der Waals surface area contributed by atoms with Crippen LogP contribution in [-0.4, -0.2) is 56.6 Å². The zero-order valence-corrected chi connectivity index (χ0v) is 22.8. The molecule has 10 heteroatoms. The van der Waals surface area contributed by atoms with Crippen molar-refractivity contribution in [1.29, 1.82) is 0 Å². The number of anilines is 2. The van der Waals surface area contributed by atoms with Crippen LogP contribution in [0.5, 0.6) is 0 Å². The fourth-order valence-electron chi connectivity index (χ4n) is 4.94. The number of likely N-dealkylation sites (tertiary alicyclic amines) is 1. The van der Waals surface area contributed by atoms with Crippen LogP contribution in [0.2, 0.25) is 0 Å². The van der Waals surface area contributed by atoms with Crippen molar-refractivity contribution in [3.05, 3.63) is 76.7 Å². The smallest absolute Gasteiger partial charge is 0.410 e. The number of aromatic nitrogens is 2. The zero-order valence-electron chi connectivity index (χ0n) is 21.1. The van der Waals surface area contributed by atoms with Crippen molar-refractivity contribution in [2.45, 2.75) is 37.4 Å². The highest BCUT2D eigenvalue weighted by Gasteiger charge is 2.29. The van der Waals surface area contributed by atoms with Gasteiger partial charge in [0.2, 0.25) is 5.95 Å². The van der Waals surface area contributed by atoms with E-state index in [-0.39, 0.29) is 18.7 Å². The number of thiophene rings is 1. The number of carbonyl (C=O) groups excluding carboxylic acids is 1. The fraction of sp³-hybridized carbons (Fsp3) is 0.321. The molecule has 2 aliphatic rings. The van der Waals surface area contributed by atoms with Crippen molar-refractivity contribution in [2.24, 2.45) is 0 Å². The molecule has 1 fully saturated rings. The number of nitrogens with one attached hydrogen (secondary N) is 1. The Labute approximate surface area is 228 Å². The van der Waals surface area contributed by atoms with E-state index in [9.17, 15) is 9.00 Å². The van der Waals surface area contributed by atoms with Crippen LogP contribution in [0, 0.1) is 6.92 Å². The van der Waals surface area contributed by atoms with E-state index in [4.69, 9.17) is 14.7 Å². The number of rotatable bonds is 5. The first-order chi connectivity index (χ1) is 18.5. The van der Waals surface area contributed by atoms with Crippen LogP contribution >= 0.6 is 11.3 Å². The highest BCUT2D eigenvalue weighted by atomic mass is 32.2. The summed E-state index contributed by atoms with van der Waals surface area (Å²) in [6, 6.07) is 19.8. The molecule has 0 radical (unpaired) electrons. The van der Waals surface area contributed by atoms with Crippen LogP contribution in [0.15, 0.2) is 65.6 Å². The highest BCUT2D eigenvalue weighted by Crippen LogP contribution is 2.33. The Morgan fingerprint density at radius 1 is 1.13 bits per heavy atom. The lowest BCUT2D eigenvalue weighted by molar-refractivity contribution is 0.104. The fourth-order valence-corrected chi connectivity index (χ4v) is 7.10. The molecule has 2 aromatic heterocycles. The molecular weight excluding hydrogens is 518 g/mol. The number of aryl methyl sites for hydroxylation is 1. The minimum atomic E-state index is -1.04. The summed E-state index contributed by atoms with van der Waals surface area (Å²) in [5.74, 6) is 1.95. The summed E-state index contributed by atoms with van der Waals surface area (Å²) in [6.07, 6.45) is 0.511. The van der Waals surface area contributed by atoms with Crippen LogP contribution in [0.4, 0.5) is 16.6 Å². The van der Waals surface area contributed by atoms with Gasteiger partial charge in [0.25, 0.3) is 0 Å². The Morgan fingerprint density at radius 3 is 2.82 bits per heavy atom. The molecule has 1 amide bonds. The van der Waals surface area contributed by atoms with Gasteiger partial charge in [0.05, 0.1) is 21.0 Å². The maximum Gasteiger partial charge on any atom is 0.410 e. The molecule has 2 aliphatic heterocycles. The molecule has 8 nitrogen and oxygen atoms in total. The van der Waals surface area contributed by atoms with Crippen LogP contribution < -0.4 is 10.2 Å². The van der Waals surface area contributed by atoms with Gasteiger partial charge in [-0.1, -0.05) is 48.5 Å². The molecule has 196 valence electrons. The van der Waals surface area contributed by atoms with Gasteiger partial charge in [-0.25, -0.2) is 9.78 Å². The van der Waals surface area contributed by atoms with Crippen molar-refractivity contribution < 1.29 is 13.7 Å². The first-order valence-corrected chi connectivity index (χ1v) is 14.9. The largest absolute Gasteiger partial charge is 0.445 e. The van der Waals surface area contributed by atoms with E-state index in [1.807, 2.05) is 54.6 Å². The summed E-state index contributed by atoms with van der Waals surface area (Å²) in [5, 5.41) is 3.60. The molecule has 1 N–H and O–H groups in total. The number of ether oxygens (including phenoxy) is 1. The van der Waals surface area contributed by atoms with E-state index in [1.165, 1.54) is 0 Å². The van der Waals surface area contributed by atoms with Gasteiger partial charge in [-0.15, -0.1) is 11.3 Å². The van der Waals surface area contributed by atoms with Gasteiger partial charge in [0, 0.05) is 47.7 Å². The monoisotopic (exact) mass is 547 g/mol. The van der Waals surface area contributed by atoms with Gasteiger partial charge in [0.15, 0.2) is 0 Å². The average molecular weight is 548 g/mol. The third-order valence-electron chi connectivity index (χ3n) is 6.88. The molecule has 2 aromatic carbocycles. The van der Waals surface area contributed by atoms with Gasteiger partial charge in [-0.3, -0.25) is 4.21 Å². The molecule has 4 aromatic rings. The van der Waals surface area contributed by atoms with E-state index in [2.05, 4.69) is 23.2 Å². The van der Waals surface area contributed by atoms with E-state index >= 15 is 0 Å². The van der Waals surface area contributed by atoms with Crippen molar-refractivity contribution in [1.82, 2.24) is 14.9 Å². The predicted octanol–water partition coefficient (Wildman–Crippen LogP) is 4.95. The van der Waals surface area contributed by atoms with Crippen molar-refractivity contribution in [3.63, 3.8) is 0 Å². The Hall–Kier alpha value is -3.50. The topological polar surface area (TPSA) is 87.7 Å². The maximum absolute atomic E-state index is 12.8. The summed E-state index contributed by atoms with van der Waals surface area (Å²) >= 11 is 1.66. The van der Waals surface area contributed by atoms with Gasteiger partial charge in [0.1, 0.15) is 12.4 Å². The first kappa shape index (κ1) is 24.8. The number of benzene rings is 2. The molecule has 38 heavy (non-hydrogen) atoms. The Balaban J connectivity index is 1.19. The molecular formula is C28H29N5O3S2. The second kappa shape index (κ2) is 10.7. The van der Waals surface area contributed by atoms with E-state index in [1.54, 1.807) is 16.2 Å². The SMILES string of the molecule is Cc1cc2nc(N3CCS(=O)c4ccccc4C3)nc(NC3CCN(C(=O)OCc4ccccc4)C3)c2s1. The molecule has 1 saturated heterocycles. The number of nitrogens with zero attached hydrogens (tertiary/aromatic N) is 4. The van der Waals surface area contributed by atoms with Gasteiger partial charge in [-0.2, -0.15) is 4.98 Å². The minimum absolute atomic E-state index is 0.0602. The number of hydrogen-bond acceptors (Lipinski definition) is 8. The summed E-state index contributed by atoms with van der Waals surface area (Å²) in [4.78, 5) is 28.5. The van der Waals surface area contributed by atoms with E-state index in [0.29, 0.717) is 37.9 Å². The minimum Gasteiger partial charge on any atom is -0.445 e. The Morgan fingerprint density at radius 2 is 1.95 bits per heavy atom. The lowest BCUT2D eigenvalue weighted by atomic mass is 10.2. The lowest BCUT2D eigenvalue weighted by Crippen LogP contribution is -2.32. The average Bonchev–Trinajstić information content (AvgIpc) is 3.52. The number of amides is 1. The van der Waals surface area contributed by atoms with E-state index in [0.717, 1.165) is 43.4 Å². The van der Waals surface area contributed by atoms with Crippen LogP contribution in [0.25, 0.3) is 10.2 Å². The first-order valence-electron chi connectivity index (χ1n) is 12.7. The molecule has 2 atom stereocenters.